The maximum Gasteiger partial charge on any atom is 0.293 e. The van der Waals surface area contributed by atoms with Crippen molar-refractivity contribution in [3.05, 3.63) is 52.6 Å². The van der Waals surface area contributed by atoms with Gasteiger partial charge >= 0.3 is 0 Å². The van der Waals surface area contributed by atoms with Crippen LogP contribution in [0.2, 0.25) is 0 Å². The van der Waals surface area contributed by atoms with Crippen LogP contribution in [0.25, 0.3) is 0 Å². The van der Waals surface area contributed by atoms with Gasteiger partial charge in [-0.1, -0.05) is 0 Å². The lowest BCUT2D eigenvalue weighted by molar-refractivity contribution is -0.384. The predicted octanol–water partition coefficient (Wildman–Crippen LogP) is 1.78. The van der Waals surface area contributed by atoms with Gasteiger partial charge in [0.15, 0.2) is 0 Å². The standard InChI is InChI=1S/C12H11N5O2/c13-8-10-1-2-11(12(7-10)17(18)19)15-4-6-16-5-3-14-9-16/h1-3,5,7,9,15H,4,6H2. The third-order valence-electron chi connectivity index (χ3n) is 2.57. The fourth-order valence-corrected chi connectivity index (χ4v) is 1.64. The molecule has 1 aromatic heterocycles. The molecule has 19 heavy (non-hydrogen) atoms. The van der Waals surface area contributed by atoms with E-state index < -0.39 is 4.92 Å². The molecule has 0 atom stereocenters. The summed E-state index contributed by atoms with van der Waals surface area (Å²) in [6.45, 7) is 1.18. The number of benzene rings is 1. The second-order valence-corrected chi connectivity index (χ2v) is 3.83. The summed E-state index contributed by atoms with van der Waals surface area (Å²) in [5.41, 5.74) is 0.584. The third-order valence-corrected chi connectivity index (χ3v) is 2.57. The van der Waals surface area contributed by atoms with Crippen molar-refractivity contribution in [3.63, 3.8) is 0 Å². The van der Waals surface area contributed by atoms with E-state index in [2.05, 4.69) is 10.3 Å². The summed E-state index contributed by atoms with van der Waals surface area (Å²) in [5.74, 6) is 0. The minimum atomic E-state index is -0.500. The number of nitro groups is 1. The fourth-order valence-electron chi connectivity index (χ4n) is 1.64. The second-order valence-electron chi connectivity index (χ2n) is 3.83. The Bertz CT molecular complexity index is 616. The third kappa shape index (κ3) is 3.07. The molecule has 96 valence electrons. The number of rotatable bonds is 5. The first-order valence-corrected chi connectivity index (χ1v) is 5.59. The highest BCUT2D eigenvalue weighted by atomic mass is 16.6. The molecule has 1 N–H and O–H groups in total. The summed E-state index contributed by atoms with van der Waals surface area (Å²) in [7, 11) is 0. The van der Waals surface area contributed by atoms with Gasteiger partial charge in [0.2, 0.25) is 0 Å². The fraction of sp³-hybridized carbons (Fsp3) is 0.167. The maximum atomic E-state index is 10.9. The minimum Gasteiger partial charge on any atom is -0.378 e. The largest absolute Gasteiger partial charge is 0.378 e. The number of anilines is 1. The van der Waals surface area contributed by atoms with Crippen LogP contribution in [0.15, 0.2) is 36.9 Å². The van der Waals surface area contributed by atoms with Crippen molar-refractivity contribution in [3.8, 4) is 6.07 Å². The molecule has 0 bridgehead atoms. The first-order chi connectivity index (χ1) is 9.20. The smallest absolute Gasteiger partial charge is 0.293 e. The molecule has 0 unspecified atom stereocenters. The Hall–Kier alpha value is -2.88. The van der Waals surface area contributed by atoms with E-state index in [-0.39, 0.29) is 11.3 Å². The predicted molar refractivity (Wildman–Crippen MR) is 68.5 cm³/mol. The van der Waals surface area contributed by atoms with Crippen molar-refractivity contribution in [2.45, 2.75) is 6.54 Å². The summed E-state index contributed by atoms with van der Waals surface area (Å²) in [4.78, 5) is 14.3. The van der Waals surface area contributed by atoms with Crippen molar-refractivity contribution in [1.29, 1.82) is 5.26 Å². The molecule has 0 fully saturated rings. The van der Waals surface area contributed by atoms with E-state index in [0.29, 0.717) is 18.8 Å². The van der Waals surface area contributed by atoms with Gasteiger partial charge in [-0.3, -0.25) is 10.1 Å². The van der Waals surface area contributed by atoms with Crippen molar-refractivity contribution in [2.75, 3.05) is 11.9 Å². The number of nitrogens with zero attached hydrogens (tertiary/aromatic N) is 4. The van der Waals surface area contributed by atoms with E-state index in [0.717, 1.165) is 0 Å². The molecule has 0 aliphatic heterocycles. The van der Waals surface area contributed by atoms with Crippen LogP contribution in [-0.4, -0.2) is 21.0 Å². The van der Waals surface area contributed by atoms with Crippen LogP contribution in [0, 0.1) is 21.4 Å². The Labute approximate surface area is 109 Å². The summed E-state index contributed by atoms with van der Waals surface area (Å²) in [6, 6.07) is 6.24. The van der Waals surface area contributed by atoms with Crippen LogP contribution in [0.3, 0.4) is 0 Å². The van der Waals surface area contributed by atoms with E-state index in [1.165, 1.54) is 6.07 Å². The van der Waals surface area contributed by atoms with Crippen LogP contribution in [0.4, 0.5) is 11.4 Å². The molecule has 0 spiro atoms. The molecular formula is C12H11N5O2. The van der Waals surface area contributed by atoms with Gasteiger partial charge in [-0.25, -0.2) is 4.98 Å². The van der Waals surface area contributed by atoms with Crippen LogP contribution in [0.1, 0.15) is 5.56 Å². The molecule has 0 aliphatic rings. The summed E-state index contributed by atoms with van der Waals surface area (Å²) in [6.07, 6.45) is 5.16. The molecule has 0 saturated carbocycles. The quantitative estimate of drug-likeness (QED) is 0.650. The normalized spacial score (nSPS) is 9.84. The highest BCUT2D eigenvalue weighted by molar-refractivity contribution is 5.63. The Morgan fingerprint density at radius 2 is 2.37 bits per heavy atom. The Kier molecular flexibility index (Phi) is 3.73. The Morgan fingerprint density at radius 3 is 3.00 bits per heavy atom. The minimum absolute atomic E-state index is 0.0929. The molecule has 0 aliphatic carbocycles. The van der Waals surface area contributed by atoms with E-state index in [9.17, 15) is 10.1 Å². The van der Waals surface area contributed by atoms with Gasteiger partial charge in [-0.15, -0.1) is 0 Å². The second kappa shape index (κ2) is 5.64. The van der Waals surface area contributed by atoms with E-state index >= 15 is 0 Å². The highest BCUT2D eigenvalue weighted by Gasteiger charge is 2.14. The van der Waals surface area contributed by atoms with E-state index in [1.807, 2.05) is 16.8 Å². The number of hydrogen-bond acceptors (Lipinski definition) is 5. The first-order valence-electron chi connectivity index (χ1n) is 5.59. The average Bonchev–Trinajstić information content (AvgIpc) is 2.92. The van der Waals surface area contributed by atoms with Crippen molar-refractivity contribution >= 4 is 11.4 Å². The summed E-state index contributed by atoms with van der Waals surface area (Å²) in [5, 5.41) is 22.6. The molecule has 0 amide bonds. The van der Waals surface area contributed by atoms with Crippen LogP contribution in [0.5, 0.6) is 0 Å². The SMILES string of the molecule is N#Cc1ccc(NCCn2ccnc2)c([N+](=O)[O-])c1. The lowest BCUT2D eigenvalue weighted by atomic mass is 10.2. The molecule has 7 heteroatoms. The van der Waals surface area contributed by atoms with Gasteiger partial charge in [0.05, 0.1) is 22.9 Å². The van der Waals surface area contributed by atoms with E-state index in [1.54, 1.807) is 24.7 Å². The van der Waals surface area contributed by atoms with Gasteiger partial charge < -0.3 is 9.88 Å². The Morgan fingerprint density at radius 1 is 1.53 bits per heavy atom. The Balaban J connectivity index is 2.07. The number of hydrogen-bond donors (Lipinski definition) is 1. The lowest BCUT2D eigenvalue weighted by Crippen LogP contribution is -2.10. The molecule has 2 rings (SSSR count). The number of imidazole rings is 1. The van der Waals surface area contributed by atoms with Crippen molar-refractivity contribution in [2.24, 2.45) is 0 Å². The van der Waals surface area contributed by atoms with Gasteiger partial charge in [-0.05, 0) is 12.1 Å². The zero-order valence-electron chi connectivity index (χ0n) is 9.98. The van der Waals surface area contributed by atoms with Crippen molar-refractivity contribution in [1.82, 2.24) is 9.55 Å². The number of nitro benzene ring substituents is 1. The molecule has 0 saturated heterocycles. The molecule has 1 aromatic carbocycles. The van der Waals surface area contributed by atoms with Crippen molar-refractivity contribution < 1.29 is 4.92 Å². The van der Waals surface area contributed by atoms with Crippen LogP contribution < -0.4 is 5.32 Å². The first kappa shape index (κ1) is 12.6. The van der Waals surface area contributed by atoms with Crippen LogP contribution >= 0.6 is 0 Å². The number of aromatic nitrogens is 2. The van der Waals surface area contributed by atoms with E-state index in [4.69, 9.17) is 5.26 Å². The summed E-state index contributed by atoms with van der Waals surface area (Å²) < 4.78 is 1.86. The maximum absolute atomic E-state index is 10.9. The topological polar surface area (TPSA) is 96.8 Å². The zero-order chi connectivity index (χ0) is 13.7. The molecule has 0 radical (unpaired) electrons. The van der Waals surface area contributed by atoms with Crippen LogP contribution in [-0.2, 0) is 6.54 Å². The highest BCUT2D eigenvalue weighted by Crippen LogP contribution is 2.25. The summed E-state index contributed by atoms with van der Waals surface area (Å²) >= 11 is 0. The average molecular weight is 257 g/mol. The lowest BCUT2D eigenvalue weighted by Gasteiger charge is -2.07. The molecule has 1 heterocycles. The molecular weight excluding hydrogens is 246 g/mol. The zero-order valence-corrected chi connectivity index (χ0v) is 9.98. The van der Waals surface area contributed by atoms with Gasteiger partial charge in [0.25, 0.3) is 5.69 Å². The van der Waals surface area contributed by atoms with Gasteiger partial charge in [0.1, 0.15) is 5.69 Å². The monoisotopic (exact) mass is 257 g/mol. The number of nitrogens with one attached hydrogen (secondary N) is 1. The number of nitriles is 1. The molecule has 7 nitrogen and oxygen atoms in total. The van der Waals surface area contributed by atoms with Gasteiger partial charge in [-0.2, -0.15) is 5.26 Å². The molecule has 2 aromatic rings. The van der Waals surface area contributed by atoms with Gasteiger partial charge in [0, 0.05) is 31.5 Å².